The van der Waals surface area contributed by atoms with E-state index in [9.17, 15) is 19.6 Å². The van der Waals surface area contributed by atoms with Gasteiger partial charge in [0.25, 0.3) is 0 Å². The number of nitrogens with one attached hydrogen (secondary N) is 1. The van der Waals surface area contributed by atoms with Crippen LogP contribution in [0.1, 0.15) is 12.8 Å². The topological polar surface area (TPSA) is 149 Å². The summed E-state index contributed by atoms with van der Waals surface area (Å²) in [6.07, 6.45) is 1.57. The number of amides is 3. The van der Waals surface area contributed by atoms with Gasteiger partial charge in [-0.05, 0) is 18.6 Å². The highest BCUT2D eigenvalue weighted by Gasteiger charge is 2.39. The predicted octanol–water partition coefficient (Wildman–Crippen LogP) is -0.180. The van der Waals surface area contributed by atoms with Crippen molar-refractivity contribution in [2.45, 2.75) is 18.9 Å². The number of nitrogens with two attached hydrogens (primary N) is 2. The maximum absolute atomic E-state index is 12.7. The second-order valence-electron chi connectivity index (χ2n) is 7.27. The Labute approximate surface area is 175 Å². The lowest BCUT2D eigenvalue weighted by Gasteiger charge is -2.24. The third-order valence-corrected chi connectivity index (χ3v) is 4.71. The molecule has 0 spiro atoms. The van der Waals surface area contributed by atoms with Crippen molar-refractivity contribution >= 4 is 23.4 Å². The van der Waals surface area contributed by atoms with E-state index in [0.717, 1.165) is 0 Å². The van der Waals surface area contributed by atoms with Crippen LogP contribution in [-0.4, -0.2) is 65.8 Å². The minimum Gasteiger partial charge on any atom is -0.400 e. The molecule has 1 saturated heterocycles. The van der Waals surface area contributed by atoms with Gasteiger partial charge in [0.1, 0.15) is 6.04 Å². The monoisotopic (exact) mass is 413 g/mol. The van der Waals surface area contributed by atoms with Crippen molar-refractivity contribution in [2.75, 3.05) is 32.5 Å². The van der Waals surface area contributed by atoms with Crippen LogP contribution < -0.4 is 16.9 Å². The van der Waals surface area contributed by atoms with Crippen LogP contribution in [0.2, 0.25) is 0 Å². The number of likely N-dealkylation sites (tertiary alicyclic amines) is 1. The van der Waals surface area contributed by atoms with E-state index < -0.39 is 17.9 Å². The Morgan fingerprint density at radius 2 is 1.97 bits per heavy atom. The molecule has 10 nitrogen and oxygen atoms in total. The van der Waals surface area contributed by atoms with Gasteiger partial charge in [0.2, 0.25) is 17.7 Å². The molecule has 5 N–H and O–H groups in total. The number of hydrazine groups is 1. The molecule has 1 fully saturated rings. The van der Waals surface area contributed by atoms with E-state index >= 15 is 0 Å². The van der Waals surface area contributed by atoms with E-state index in [1.165, 1.54) is 28.1 Å². The van der Waals surface area contributed by atoms with Crippen LogP contribution >= 0.6 is 0 Å². The molecule has 10 heteroatoms. The van der Waals surface area contributed by atoms with Gasteiger partial charge in [-0.1, -0.05) is 18.2 Å². The largest absolute Gasteiger partial charge is 0.400 e. The van der Waals surface area contributed by atoms with Gasteiger partial charge in [0, 0.05) is 38.2 Å². The second kappa shape index (κ2) is 10.3. The minimum absolute atomic E-state index is 0.0882. The van der Waals surface area contributed by atoms with Crippen LogP contribution in [0.3, 0.4) is 0 Å². The van der Waals surface area contributed by atoms with Crippen LogP contribution in [0.4, 0.5) is 5.69 Å². The summed E-state index contributed by atoms with van der Waals surface area (Å²) in [5.74, 6) is 3.95. The molecule has 0 aliphatic carbocycles. The first-order valence-corrected chi connectivity index (χ1v) is 9.44. The Hall–Kier alpha value is -3.58. The number of hydrogen-bond acceptors (Lipinski definition) is 7. The Morgan fingerprint density at radius 3 is 2.57 bits per heavy atom. The zero-order valence-corrected chi connectivity index (χ0v) is 17.1. The normalized spacial score (nSPS) is 18.5. The SMILES string of the molecule is CN(N)/C=C(\N)CC(=O)N(C)CC(=O)N1CC(C(=O)Nc2ccccc2)CC1C#N. The summed E-state index contributed by atoms with van der Waals surface area (Å²) in [6, 6.07) is 10.3. The average Bonchev–Trinajstić information content (AvgIpc) is 3.12. The quantitative estimate of drug-likeness (QED) is 0.415. The lowest BCUT2D eigenvalue weighted by molar-refractivity contribution is -0.139. The van der Waals surface area contributed by atoms with Crippen molar-refractivity contribution in [2.24, 2.45) is 17.5 Å². The zero-order valence-electron chi connectivity index (χ0n) is 17.1. The smallest absolute Gasteiger partial charge is 0.243 e. The molecule has 0 saturated carbocycles. The highest BCUT2D eigenvalue weighted by molar-refractivity contribution is 5.94. The molecule has 2 unspecified atom stereocenters. The molecule has 0 aromatic heterocycles. The molecular formula is C20H27N7O3. The van der Waals surface area contributed by atoms with Gasteiger partial charge < -0.3 is 25.9 Å². The standard InChI is InChI=1S/C20H27N7O3/c1-25(18(28)9-15(22)12-26(2)23)13-19(29)27-11-14(8-17(27)10-21)20(30)24-16-6-4-3-5-7-16/h3-7,12,14,17H,8-9,11,13,22-23H2,1-2H3,(H,24,30)/b15-12-. The van der Waals surface area contributed by atoms with Gasteiger partial charge in [-0.2, -0.15) is 5.26 Å². The average molecular weight is 413 g/mol. The van der Waals surface area contributed by atoms with E-state index in [0.29, 0.717) is 5.69 Å². The first-order valence-electron chi connectivity index (χ1n) is 9.44. The number of anilines is 1. The molecule has 1 aromatic carbocycles. The fraction of sp³-hybridized carbons (Fsp3) is 0.400. The first-order chi connectivity index (χ1) is 14.2. The number of benzene rings is 1. The molecular weight excluding hydrogens is 386 g/mol. The molecule has 1 aliphatic heterocycles. The van der Waals surface area contributed by atoms with Gasteiger partial charge in [-0.3, -0.25) is 14.4 Å². The molecule has 2 rings (SSSR count). The highest BCUT2D eigenvalue weighted by atomic mass is 16.2. The van der Waals surface area contributed by atoms with Crippen LogP contribution in [0.5, 0.6) is 0 Å². The number of carbonyl (C=O) groups excluding carboxylic acids is 3. The van der Waals surface area contributed by atoms with Crippen LogP contribution in [0.15, 0.2) is 42.2 Å². The summed E-state index contributed by atoms with van der Waals surface area (Å²) < 4.78 is 0. The van der Waals surface area contributed by atoms with Crippen molar-refractivity contribution in [1.29, 1.82) is 5.26 Å². The molecule has 1 aliphatic rings. The van der Waals surface area contributed by atoms with Crippen LogP contribution in [-0.2, 0) is 14.4 Å². The number of likely N-dealkylation sites (N-methyl/N-ethyl adjacent to an activating group) is 1. The molecule has 0 radical (unpaired) electrons. The molecule has 1 heterocycles. The van der Waals surface area contributed by atoms with E-state index in [2.05, 4.69) is 11.4 Å². The minimum atomic E-state index is -0.719. The molecule has 160 valence electrons. The summed E-state index contributed by atoms with van der Waals surface area (Å²) in [5.41, 5.74) is 6.65. The zero-order chi connectivity index (χ0) is 22.3. The van der Waals surface area contributed by atoms with Gasteiger partial charge in [-0.15, -0.1) is 0 Å². The van der Waals surface area contributed by atoms with Crippen LogP contribution in [0.25, 0.3) is 0 Å². The summed E-state index contributed by atoms with van der Waals surface area (Å²) in [6.45, 7) is -0.0897. The number of nitrogens with zero attached hydrogens (tertiary/aromatic N) is 4. The molecule has 1 aromatic rings. The van der Waals surface area contributed by atoms with Crippen LogP contribution in [0, 0.1) is 17.2 Å². The number of carbonyl (C=O) groups is 3. The number of rotatable bonds is 7. The Morgan fingerprint density at radius 1 is 1.30 bits per heavy atom. The molecule has 0 bridgehead atoms. The van der Waals surface area contributed by atoms with Crippen molar-refractivity contribution < 1.29 is 14.4 Å². The highest BCUT2D eigenvalue weighted by Crippen LogP contribution is 2.24. The first kappa shape index (κ1) is 22.7. The van der Waals surface area contributed by atoms with Crippen molar-refractivity contribution in [3.63, 3.8) is 0 Å². The Bertz CT molecular complexity index is 848. The van der Waals surface area contributed by atoms with Crippen molar-refractivity contribution in [3.05, 3.63) is 42.2 Å². The second-order valence-corrected chi connectivity index (χ2v) is 7.27. The van der Waals surface area contributed by atoms with Crippen molar-refractivity contribution in [1.82, 2.24) is 14.8 Å². The lowest BCUT2D eigenvalue weighted by atomic mass is 10.1. The fourth-order valence-electron chi connectivity index (χ4n) is 3.19. The van der Waals surface area contributed by atoms with E-state index in [1.54, 1.807) is 31.3 Å². The van der Waals surface area contributed by atoms with Gasteiger partial charge in [0.15, 0.2) is 0 Å². The van der Waals surface area contributed by atoms with Gasteiger partial charge in [-0.25, -0.2) is 5.84 Å². The third-order valence-electron chi connectivity index (χ3n) is 4.71. The molecule has 3 amide bonds. The van der Waals surface area contributed by atoms with Gasteiger partial charge >= 0.3 is 0 Å². The summed E-state index contributed by atoms with van der Waals surface area (Å²) >= 11 is 0. The number of nitriles is 1. The van der Waals surface area contributed by atoms with E-state index in [1.807, 2.05) is 6.07 Å². The third kappa shape index (κ3) is 6.22. The molecule has 30 heavy (non-hydrogen) atoms. The fourth-order valence-corrected chi connectivity index (χ4v) is 3.19. The van der Waals surface area contributed by atoms with E-state index in [-0.39, 0.29) is 43.4 Å². The van der Waals surface area contributed by atoms with Gasteiger partial charge in [0.05, 0.1) is 25.0 Å². The summed E-state index contributed by atoms with van der Waals surface area (Å²) in [7, 11) is 3.06. The Kier molecular flexibility index (Phi) is 7.77. The van der Waals surface area contributed by atoms with Crippen molar-refractivity contribution in [3.8, 4) is 6.07 Å². The predicted molar refractivity (Wildman–Crippen MR) is 111 cm³/mol. The molecule has 2 atom stereocenters. The lowest BCUT2D eigenvalue weighted by Crippen LogP contribution is -2.43. The summed E-state index contributed by atoms with van der Waals surface area (Å²) in [4.78, 5) is 40.1. The maximum Gasteiger partial charge on any atom is 0.243 e. The Balaban J connectivity index is 1.95. The van der Waals surface area contributed by atoms with E-state index in [4.69, 9.17) is 11.6 Å². The maximum atomic E-state index is 12.7. The summed E-state index contributed by atoms with van der Waals surface area (Å²) in [5, 5.41) is 13.5. The number of para-hydroxylation sites is 1. The number of hydrogen-bond donors (Lipinski definition) is 3.